The van der Waals surface area contributed by atoms with Crippen molar-refractivity contribution in [3.8, 4) is 0 Å². The molecule has 1 aromatic heterocycles. The van der Waals surface area contributed by atoms with Crippen LogP contribution in [-0.2, 0) is 0 Å². The molecule has 0 bridgehead atoms. The fourth-order valence-electron chi connectivity index (χ4n) is 1.65. The minimum atomic E-state index is -1.10. The maximum absolute atomic E-state index is 13.1. The predicted molar refractivity (Wildman–Crippen MR) is 62.8 cm³/mol. The average Bonchev–Trinajstić information content (AvgIpc) is 2.28. The van der Waals surface area contributed by atoms with Crippen molar-refractivity contribution < 1.29 is 14.3 Å². The van der Waals surface area contributed by atoms with Gasteiger partial charge in [-0.2, -0.15) is 0 Å². The number of benzene rings is 1. The van der Waals surface area contributed by atoms with Gasteiger partial charge in [0.05, 0.1) is 11.1 Å². The van der Waals surface area contributed by atoms with Crippen LogP contribution < -0.4 is 5.32 Å². The fourth-order valence-corrected chi connectivity index (χ4v) is 1.65. The van der Waals surface area contributed by atoms with E-state index in [2.05, 4.69) is 10.3 Å². The van der Waals surface area contributed by atoms with Crippen LogP contribution in [-0.4, -0.2) is 22.6 Å². The second-order valence-electron chi connectivity index (χ2n) is 3.55. The molecule has 0 aliphatic heterocycles. The zero-order valence-electron chi connectivity index (χ0n) is 9.20. The van der Waals surface area contributed by atoms with E-state index in [0.29, 0.717) is 23.3 Å². The van der Waals surface area contributed by atoms with Crippen molar-refractivity contribution in [2.24, 2.45) is 0 Å². The highest BCUT2D eigenvalue weighted by atomic mass is 19.1. The zero-order chi connectivity index (χ0) is 12.4. The number of anilines is 1. The molecular weight excluding hydrogens is 223 g/mol. The standard InChI is InChI=1S/C12H11FN2O2/c1-2-14-11-6-9(12(16)17)8-5-7(13)3-4-10(8)15-11/h3-6H,2H2,1H3,(H,14,15)(H,16,17). The van der Waals surface area contributed by atoms with Crippen molar-refractivity contribution in [1.82, 2.24) is 4.98 Å². The lowest BCUT2D eigenvalue weighted by molar-refractivity contribution is 0.0699. The van der Waals surface area contributed by atoms with Crippen molar-refractivity contribution >= 4 is 22.7 Å². The minimum Gasteiger partial charge on any atom is -0.478 e. The smallest absolute Gasteiger partial charge is 0.336 e. The number of halogens is 1. The van der Waals surface area contributed by atoms with Gasteiger partial charge in [0.1, 0.15) is 11.6 Å². The summed E-state index contributed by atoms with van der Waals surface area (Å²) in [6, 6.07) is 5.32. The number of rotatable bonds is 3. The van der Waals surface area contributed by atoms with Gasteiger partial charge in [0.2, 0.25) is 0 Å². The Bertz CT molecular complexity index is 584. The molecule has 0 radical (unpaired) electrons. The SMILES string of the molecule is CCNc1cc(C(=O)O)c2cc(F)ccc2n1. The first-order chi connectivity index (χ1) is 8.11. The van der Waals surface area contributed by atoms with Gasteiger partial charge in [-0.25, -0.2) is 14.2 Å². The Hall–Kier alpha value is -2.17. The Labute approximate surface area is 97.1 Å². The van der Waals surface area contributed by atoms with E-state index in [1.54, 1.807) is 0 Å². The van der Waals surface area contributed by atoms with E-state index in [4.69, 9.17) is 5.11 Å². The third kappa shape index (κ3) is 2.18. The van der Waals surface area contributed by atoms with Gasteiger partial charge in [0.15, 0.2) is 0 Å². The second kappa shape index (κ2) is 4.37. The number of carboxylic acids is 1. The zero-order valence-corrected chi connectivity index (χ0v) is 9.20. The van der Waals surface area contributed by atoms with Gasteiger partial charge in [-0.15, -0.1) is 0 Å². The summed E-state index contributed by atoms with van der Waals surface area (Å²) < 4.78 is 13.1. The highest BCUT2D eigenvalue weighted by Crippen LogP contribution is 2.21. The Morgan fingerprint density at radius 2 is 2.24 bits per heavy atom. The molecular formula is C12H11FN2O2. The van der Waals surface area contributed by atoms with E-state index in [9.17, 15) is 9.18 Å². The van der Waals surface area contributed by atoms with Crippen molar-refractivity contribution in [2.75, 3.05) is 11.9 Å². The molecule has 0 amide bonds. The van der Waals surface area contributed by atoms with Crippen LogP contribution in [0, 0.1) is 5.82 Å². The molecule has 2 rings (SSSR count). The highest BCUT2D eigenvalue weighted by molar-refractivity contribution is 6.03. The number of pyridine rings is 1. The summed E-state index contributed by atoms with van der Waals surface area (Å²) in [6.45, 7) is 2.52. The lowest BCUT2D eigenvalue weighted by Gasteiger charge is -2.07. The van der Waals surface area contributed by atoms with Crippen molar-refractivity contribution in [2.45, 2.75) is 6.92 Å². The lowest BCUT2D eigenvalue weighted by Crippen LogP contribution is -2.04. The van der Waals surface area contributed by atoms with Gasteiger partial charge in [0.25, 0.3) is 0 Å². The van der Waals surface area contributed by atoms with Crippen LogP contribution in [0.4, 0.5) is 10.2 Å². The van der Waals surface area contributed by atoms with E-state index in [0.717, 1.165) is 0 Å². The van der Waals surface area contributed by atoms with Gasteiger partial charge in [-0.05, 0) is 31.2 Å². The summed E-state index contributed by atoms with van der Waals surface area (Å²) in [6.07, 6.45) is 0. The summed E-state index contributed by atoms with van der Waals surface area (Å²) in [4.78, 5) is 15.3. The first kappa shape index (κ1) is 11.3. The van der Waals surface area contributed by atoms with Crippen LogP contribution in [0.25, 0.3) is 10.9 Å². The average molecular weight is 234 g/mol. The summed E-state index contributed by atoms with van der Waals surface area (Å²) in [5, 5.41) is 12.3. The summed E-state index contributed by atoms with van der Waals surface area (Å²) >= 11 is 0. The van der Waals surface area contributed by atoms with E-state index in [1.165, 1.54) is 24.3 Å². The first-order valence-corrected chi connectivity index (χ1v) is 5.19. The van der Waals surface area contributed by atoms with E-state index in [-0.39, 0.29) is 5.56 Å². The van der Waals surface area contributed by atoms with E-state index >= 15 is 0 Å². The molecule has 5 heteroatoms. The maximum atomic E-state index is 13.1. The van der Waals surface area contributed by atoms with Crippen molar-refractivity contribution in [1.29, 1.82) is 0 Å². The quantitative estimate of drug-likeness (QED) is 0.856. The molecule has 17 heavy (non-hydrogen) atoms. The van der Waals surface area contributed by atoms with Gasteiger partial charge in [0, 0.05) is 11.9 Å². The fraction of sp³-hybridized carbons (Fsp3) is 0.167. The van der Waals surface area contributed by atoms with Crippen LogP contribution in [0.5, 0.6) is 0 Å². The lowest BCUT2D eigenvalue weighted by atomic mass is 10.1. The van der Waals surface area contributed by atoms with Crippen LogP contribution >= 0.6 is 0 Å². The molecule has 0 unspecified atom stereocenters. The van der Waals surface area contributed by atoms with Crippen LogP contribution in [0.15, 0.2) is 24.3 Å². The normalized spacial score (nSPS) is 10.5. The van der Waals surface area contributed by atoms with Gasteiger partial charge in [-0.3, -0.25) is 0 Å². The Morgan fingerprint density at radius 3 is 2.88 bits per heavy atom. The maximum Gasteiger partial charge on any atom is 0.336 e. The van der Waals surface area contributed by atoms with Crippen LogP contribution in [0.3, 0.4) is 0 Å². The summed E-state index contributed by atoms with van der Waals surface area (Å²) in [5.41, 5.74) is 0.507. The number of hydrogen-bond donors (Lipinski definition) is 2. The number of aromatic carboxylic acids is 1. The molecule has 0 aliphatic carbocycles. The topological polar surface area (TPSA) is 62.2 Å². The number of fused-ring (bicyclic) bond motifs is 1. The van der Waals surface area contributed by atoms with E-state index in [1.807, 2.05) is 6.92 Å². The number of carboxylic acid groups (broad SMARTS) is 1. The Balaban J connectivity index is 2.72. The molecule has 0 fully saturated rings. The highest BCUT2D eigenvalue weighted by Gasteiger charge is 2.12. The van der Waals surface area contributed by atoms with Gasteiger partial charge in [-0.1, -0.05) is 0 Å². The third-order valence-corrected chi connectivity index (χ3v) is 2.36. The largest absolute Gasteiger partial charge is 0.478 e. The summed E-state index contributed by atoms with van der Waals surface area (Å²) in [5.74, 6) is -1.09. The first-order valence-electron chi connectivity index (χ1n) is 5.19. The Morgan fingerprint density at radius 1 is 1.47 bits per heavy atom. The monoisotopic (exact) mass is 234 g/mol. The minimum absolute atomic E-state index is 0.0467. The Kier molecular flexibility index (Phi) is 2.91. The number of hydrogen-bond acceptors (Lipinski definition) is 3. The predicted octanol–water partition coefficient (Wildman–Crippen LogP) is 2.50. The molecule has 88 valence electrons. The van der Waals surface area contributed by atoms with Crippen LogP contribution in [0.2, 0.25) is 0 Å². The van der Waals surface area contributed by atoms with Gasteiger partial charge >= 0.3 is 5.97 Å². The van der Waals surface area contributed by atoms with Crippen molar-refractivity contribution in [3.63, 3.8) is 0 Å². The third-order valence-electron chi connectivity index (χ3n) is 2.36. The summed E-state index contributed by atoms with van der Waals surface area (Å²) in [7, 11) is 0. The molecule has 1 aromatic carbocycles. The van der Waals surface area contributed by atoms with Gasteiger partial charge < -0.3 is 10.4 Å². The second-order valence-corrected chi connectivity index (χ2v) is 3.55. The number of aromatic nitrogens is 1. The number of nitrogens with one attached hydrogen (secondary N) is 1. The van der Waals surface area contributed by atoms with E-state index < -0.39 is 11.8 Å². The molecule has 0 saturated carbocycles. The number of carbonyl (C=O) groups is 1. The molecule has 1 heterocycles. The molecule has 2 aromatic rings. The number of nitrogens with zero attached hydrogens (tertiary/aromatic N) is 1. The molecule has 0 saturated heterocycles. The van der Waals surface area contributed by atoms with Crippen molar-refractivity contribution in [3.05, 3.63) is 35.6 Å². The molecule has 2 N–H and O–H groups in total. The van der Waals surface area contributed by atoms with Crippen LogP contribution in [0.1, 0.15) is 17.3 Å². The molecule has 4 nitrogen and oxygen atoms in total. The molecule has 0 atom stereocenters. The molecule has 0 aliphatic rings. The molecule has 0 spiro atoms.